The summed E-state index contributed by atoms with van der Waals surface area (Å²) in [4.78, 5) is 17.0. The van der Waals surface area contributed by atoms with Crippen molar-refractivity contribution in [1.29, 1.82) is 0 Å². The fraction of sp³-hybridized carbons (Fsp3) is 0.929. The Labute approximate surface area is 134 Å². The predicted octanol–water partition coefficient (Wildman–Crippen LogP) is 1.38. The first-order valence-corrected chi connectivity index (χ1v) is 7.55. The highest BCUT2D eigenvalue weighted by molar-refractivity contribution is 5.85. The van der Waals surface area contributed by atoms with Gasteiger partial charge in [-0.1, -0.05) is 0 Å². The average Bonchev–Trinajstić information content (AvgIpc) is 3.24. The Morgan fingerprint density at radius 3 is 2.30 bits per heavy atom. The van der Waals surface area contributed by atoms with Crippen LogP contribution in [-0.4, -0.2) is 61.5 Å². The van der Waals surface area contributed by atoms with E-state index in [0.29, 0.717) is 5.91 Å². The smallest absolute Gasteiger partial charge is 0.227 e. The maximum Gasteiger partial charge on any atom is 0.227 e. The summed E-state index contributed by atoms with van der Waals surface area (Å²) in [7, 11) is 0. The second-order valence-corrected chi connectivity index (χ2v) is 6.11. The van der Waals surface area contributed by atoms with Gasteiger partial charge in [0.15, 0.2) is 0 Å². The Bertz CT molecular complexity index is 299. The SMILES string of the molecule is Cl.Cl.O=C(C1CCCNC1)N1CCN(CC2CC2)CC1. The van der Waals surface area contributed by atoms with Crippen LogP contribution in [0, 0.1) is 11.8 Å². The molecule has 1 aliphatic carbocycles. The average molecular weight is 324 g/mol. The monoisotopic (exact) mass is 323 g/mol. The molecule has 118 valence electrons. The lowest BCUT2D eigenvalue weighted by atomic mass is 9.98. The van der Waals surface area contributed by atoms with Crippen molar-refractivity contribution >= 4 is 30.7 Å². The number of nitrogens with one attached hydrogen (secondary N) is 1. The molecule has 3 aliphatic rings. The normalized spacial score (nSPS) is 27.4. The van der Waals surface area contributed by atoms with Gasteiger partial charge in [0, 0.05) is 39.3 Å². The lowest BCUT2D eigenvalue weighted by Gasteiger charge is -2.37. The van der Waals surface area contributed by atoms with Crippen molar-refractivity contribution in [1.82, 2.24) is 15.1 Å². The van der Waals surface area contributed by atoms with Crippen LogP contribution in [0.3, 0.4) is 0 Å². The molecule has 2 saturated heterocycles. The van der Waals surface area contributed by atoms with Crippen LogP contribution in [0.25, 0.3) is 0 Å². The van der Waals surface area contributed by atoms with Crippen LogP contribution < -0.4 is 5.32 Å². The zero-order chi connectivity index (χ0) is 12.4. The molecular formula is C14H27Cl2N3O. The molecule has 1 unspecified atom stereocenters. The van der Waals surface area contributed by atoms with E-state index in [2.05, 4.69) is 15.1 Å². The highest BCUT2D eigenvalue weighted by Crippen LogP contribution is 2.30. The van der Waals surface area contributed by atoms with E-state index in [1.807, 2.05) is 0 Å². The zero-order valence-electron chi connectivity index (χ0n) is 12.1. The molecule has 0 aromatic rings. The predicted molar refractivity (Wildman–Crippen MR) is 85.8 cm³/mol. The Hall–Kier alpha value is -0.0300. The lowest BCUT2D eigenvalue weighted by Crippen LogP contribution is -2.52. The number of piperazine rings is 1. The molecule has 2 aliphatic heterocycles. The van der Waals surface area contributed by atoms with Crippen molar-refractivity contribution in [3.05, 3.63) is 0 Å². The maximum atomic E-state index is 12.4. The van der Waals surface area contributed by atoms with Gasteiger partial charge in [0.2, 0.25) is 5.91 Å². The molecule has 1 N–H and O–H groups in total. The highest BCUT2D eigenvalue weighted by Gasteiger charge is 2.30. The zero-order valence-corrected chi connectivity index (χ0v) is 13.7. The molecule has 0 spiro atoms. The van der Waals surface area contributed by atoms with E-state index >= 15 is 0 Å². The third-order valence-corrected chi connectivity index (χ3v) is 4.54. The first kappa shape index (κ1) is 18.0. The second-order valence-electron chi connectivity index (χ2n) is 6.11. The van der Waals surface area contributed by atoms with Crippen molar-refractivity contribution in [3.8, 4) is 0 Å². The molecule has 20 heavy (non-hydrogen) atoms. The molecule has 0 radical (unpaired) electrons. The number of hydrogen-bond acceptors (Lipinski definition) is 3. The number of carbonyl (C=O) groups excluding carboxylic acids is 1. The van der Waals surface area contributed by atoms with Gasteiger partial charge in [0.05, 0.1) is 5.92 Å². The lowest BCUT2D eigenvalue weighted by molar-refractivity contribution is -0.137. The summed E-state index contributed by atoms with van der Waals surface area (Å²) in [6, 6.07) is 0. The van der Waals surface area contributed by atoms with E-state index in [9.17, 15) is 4.79 Å². The topological polar surface area (TPSA) is 35.6 Å². The minimum atomic E-state index is 0. The van der Waals surface area contributed by atoms with Gasteiger partial charge in [0.25, 0.3) is 0 Å². The quantitative estimate of drug-likeness (QED) is 0.852. The van der Waals surface area contributed by atoms with E-state index in [1.54, 1.807) is 0 Å². The number of rotatable bonds is 3. The fourth-order valence-electron chi connectivity index (χ4n) is 3.14. The van der Waals surface area contributed by atoms with Gasteiger partial charge >= 0.3 is 0 Å². The van der Waals surface area contributed by atoms with E-state index in [0.717, 1.165) is 58.0 Å². The fourth-order valence-corrected chi connectivity index (χ4v) is 3.14. The molecule has 0 bridgehead atoms. The van der Waals surface area contributed by atoms with Crippen LogP contribution in [0.1, 0.15) is 25.7 Å². The summed E-state index contributed by atoms with van der Waals surface area (Å²) in [5.41, 5.74) is 0. The number of halogens is 2. The molecule has 4 nitrogen and oxygen atoms in total. The standard InChI is InChI=1S/C14H25N3O.2ClH/c18-14(13-2-1-5-15-10-13)17-8-6-16(7-9-17)11-12-3-4-12;;/h12-13,15H,1-11H2;2*1H. The number of nitrogens with zero attached hydrogens (tertiary/aromatic N) is 2. The van der Waals surface area contributed by atoms with Gasteiger partial charge in [-0.3, -0.25) is 9.69 Å². The summed E-state index contributed by atoms with van der Waals surface area (Å²) >= 11 is 0. The van der Waals surface area contributed by atoms with Crippen LogP contribution >= 0.6 is 24.8 Å². The van der Waals surface area contributed by atoms with Crippen LogP contribution in [0.2, 0.25) is 0 Å². The Kier molecular flexibility index (Phi) is 7.59. The van der Waals surface area contributed by atoms with Crippen LogP contribution in [0.4, 0.5) is 0 Å². The third-order valence-electron chi connectivity index (χ3n) is 4.54. The molecule has 1 amide bonds. The van der Waals surface area contributed by atoms with Crippen LogP contribution in [0.15, 0.2) is 0 Å². The molecular weight excluding hydrogens is 297 g/mol. The van der Waals surface area contributed by atoms with Crippen LogP contribution in [0.5, 0.6) is 0 Å². The number of piperidine rings is 1. The summed E-state index contributed by atoms with van der Waals surface area (Å²) in [6.07, 6.45) is 5.08. The summed E-state index contributed by atoms with van der Waals surface area (Å²) in [5, 5.41) is 3.34. The first-order valence-electron chi connectivity index (χ1n) is 7.55. The van der Waals surface area contributed by atoms with E-state index in [1.165, 1.54) is 19.4 Å². The first-order chi connectivity index (χ1) is 8.83. The van der Waals surface area contributed by atoms with Crippen molar-refractivity contribution in [3.63, 3.8) is 0 Å². The molecule has 1 saturated carbocycles. The van der Waals surface area contributed by atoms with Gasteiger partial charge in [-0.25, -0.2) is 0 Å². The Morgan fingerprint density at radius 2 is 1.75 bits per heavy atom. The minimum Gasteiger partial charge on any atom is -0.340 e. The third kappa shape index (κ3) is 4.76. The largest absolute Gasteiger partial charge is 0.340 e. The van der Waals surface area contributed by atoms with Crippen molar-refractivity contribution in [2.45, 2.75) is 25.7 Å². The van der Waals surface area contributed by atoms with Gasteiger partial charge in [0.1, 0.15) is 0 Å². The van der Waals surface area contributed by atoms with E-state index in [-0.39, 0.29) is 30.7 Å². The van der Waals surface area contributed by atoms with Gasteiger partial charge in [-0.15, -0.1) is 24.8 Å². The number of carbonyl (C=O) groups is 1. The Balaban J connectivity index is 0.000001000. The van der Waals surface area contributed by atoms with E-state index in [4.69, 9.17) is 0 Å². The number of amides is 1. The van der Waals surface area contributed by atoms with Gasteiger partial charge in [-0.2, -0.15) is 0 Å². The molecule has 3 rings (SSSR count). The van der Waals surface area contributed by atoms with Crippen LogP contribution in [-0.2, 0) is 4.79 Å². The molecule has 3 fully saturated rings. The summed E-state index contributed by atoms with van der Waals surface area (Å²) in [5.74, 6) is 1.61. The minimum absolute atomic E-state index is 0. The highest BCUT2D eigenvalue weighted by atomic mass is 35.5. The van der Waals surface area contributed by atoms with Crippen molar-refractivity contribution in [2.24, 2.45) is 11.8 Å². The van der Waals surface area contributed by atoms with Gasteiger partial charge < -0.3 is 10.2 Å². The molecule has 2 heterocycles. The Morgan fingerprint density at radius 1 is 1.05 bits per heavy atom. The summed E-state index contributed by atoms with van der Waals surface area (Å²) in [6.45, 7) is 7.31. The van der Waals surface area contributed by atoms with Crippen molar-refractivity contribution in [2.75, 3.05) is 45.8 Å². The maximum absolute atomic E-state index is 12.4. The second kappa shape index (κ2) is 8.42. The molecule has 1 atom stereocenters. The molecule has 6 heteroatoms. The van der Waals surface area contributed by atoms with Gasteiger partial charge in [-0.05, 0) is 38.1 Å². The molecule has 0 aromatic heterocycles. The van der Waals surface area contributed by atoms with Crippen molar-refractivity contribution < 1.29 is 4.79 Å². The molecule has 0 aromatic carbocycles. The number of hydrogen-bond donors (Lipinski definition) is 1. The summed E-state index contributed by atoms with van der Waals surface area (Å²) < 4.78 is 0. The van der Waals surface area contributed by atoms with E-state index < -0.39 is 0 Å².